The molecular weight excluding hydrogens is 452 g/mol. The van der Waals surface area contributed by atoms with E-state index in [0.717, 1.165) is 73.7 Å². The van der Waals surface area contributed by atoms with Gasteiger partial charge in [0.1, 0.15) is 5.82 Å². The molecule has 0 saturated carbocycles. The lowest BCUT2D eigenvalue weighted by molar-refractivity contribution is 0.102. The van der Waals surface area contributed by atoms with Crippen LogP contribution in [0.15, 0.2) is 55.0 Å². The van der Waals surface area contributed by atoms with Gasteiger partial charge in [-0.25, -0.2) is 4.98 Å². The molecule has 0 radical (unpaired) electrons. The summed E-state index contributed by atoms with van der Waals surface area (Å²) >= 11 is 0. The number of rotatable bonds is 6. The van der Waals surface area contributed by atoms with E-state index >= 15 is 0 Å². The van der Waals surface area contributed by atoms with Crippen LogP contribution < -0.4 is 15.5 Å². The number of hydrogen-bond acceptors (Lipinski definition) is 7. The van der Waals surface area contributed by atoms with Gasteiger partial charge in [-0.15, -0.1) is 0 Å². The topological polar surface area (TPSA) is 102 Å². The second-order valence-electron chi connectivity index (χ2n) is 9.49. The maximum Gasteiger partial charge on any atom is 0.276 e. The highest BCUT2D eigenvalue weighted by atomic mass is 16.1. The number of anilines is 2. The van der Waals surface area contributed by atoms with Crippen LogP contribution in [0.4, 0.5) is 11.5 Å². The van der Waals surface area contributed by atoms with E-state index in [1.807, 2.05) is 42.7 Å². The van der Waals surface area contributed by atoms with Crippen molar-refractivity contribution < 1.29 is 4.79 Å². The van der Waals surface area contributed by atoms with E-state index in [2.05, 4.69) is 46.7 Å². The monoisotopic (exact) mass is 482 g/mol. The van der Waals surface area contributed by atoms with Crippen LogP contribution in [0.5, 0.6) is 0 Å². The highest BCUT2D eigenvalue weighted by Gasteiger charge is 2.17. The Morgan fingerprint density at radius 2 is 1.81 bits per heavy atom. The van der Waals surface area contributed by atoms with Crippen LogP contribution in [0.2, 0.25) is 0 Å². The molecule has 0 spiro atoms. The van der Waals surface area contributed by atoms with Gasteiger partial charge in [-0.05, 0) is 67.4 Å². The first-order chi connectivity index (χ1) is 17.7. The first kappa shape index (κ1) is 22.6. The largest absolute Gasteiger partial charge is 0.354 e. The molecule has 0 unspecified atom stereocenters. The van der Waals surface area contributed by atoms with E-state index in [1.165, 1.54) is 18.4 Å². The SMILES string of the molecule is O=C(Nc1ccc(N2CCNCC2)nc1)c1n[nH]c2ccc(-c3cncc(CN4CCCC4)c3)cc12. The van der Waals surface area contributed by atoms with E-state index in [1.54, 1.807) is 6.20 Å². The summed E-state index contributed by atoms with van der Waals surface area (Å²) in [5.41, 5.74) is 5.07. The van der Waals surface area contributed by atoms with Crippen LogP contribution in [0.25, 0.3) is 22.0 Å². The highest BCUT2D eigenvalue weighted by molar-refractivity contribution is 6.11. The molecule has 2 saturated heterocycles. The Labute approximate surface area is 209 Å². The second kappa shape index (κ2) is 10.0. The van der Waals surface area contributed by atoms with Gasteiger partial charge in [0.25, 0.3) is 5.91 Å². The molecule has 9 heteroatoms. The summed E-state index contributed by atoms with van der Waals surface area (Å²) in [7, 11) is 0. The number of H-pyrrole nitrogens is 1. The lowest BCUT2D eigenvalue weighted by Gasteiger charge is -2.28. The highest BCUT2D eigenvalue weighted by Crippen LogP contribution is 2.27. The summed E-state index contributed by atoms with van der Waals surface area (Å²) in [4.78, 5) is 26.8. The van der Waals surface area contributed by atoms with Gasteiger partial charge in [-0.2, -0.15) is 5.10 Å². The van der Waals surface area contributed by atoms with Gasteiger partial charge in [0.15, 0.2) is 5.69 Å². The molecule has 0 bridgehead atoms. The van der Waals surface area contributed by atoms with Crippen LogP contribution in [-0.4, -0.2) is 70.2 Å². The zero-order valence-electron chi connectivity index (χ0n) is 20.2. The van der Waals surface area contributed by atoms with Crippen molar-refractivity contribution in [3.63, 3.8) is 0 Å². The Morgan fingerprint density at radius 1 is 0.944 bits per heavy atom. The summed E-state index contributed by atoms with van der Waals surface area (Å²) in [6.45, 7) is 6.98. The first-order valence-corrected chi connectivity index (χ1v) is 12.6. The third-order valence-corrected chi connectivity index (χ3v) is 6.96. The van der Waals surface area contributed by atoms with Crippen molar-refractivity contribution in [1.82, 2.24) is 30.4 Å². The third kappa shape index (κ3) is 4.80. The number of aromatic amines is 1. The summed E-state index contributed by atoms with van der Waals surface area (Å²) in [6.07, 6.45) is 8.06. The Bertz CT molecular complexity index is 1350. The van der Waals surface area contributed by atoms with Crippen molar-refractivity contribution in [3.8, 4) is 11.1 Å². The number of aromatic nitrogens is 4. The van der Waals surface area contributed by atoms with Gasteiger partial charge in [0.2, 0.25) is 0 Å². The van der Waals surface area contributed by atoms with Crippen LogP contribution in [0.1, 0.15) is 28.9 Å². The van der Waals surface area contributed by atoms with Gasteiger partial charge in [-0.3, -0.25) is 19.8 Å². The molecule has 2 aliphatic rings. The van der Waals surface area contributed by atoms with Gasteiger partial charge in [0, 0.05) is 56.1 Å². The van der Waals surface area contributed by atoms with E-state index in [-0.39, 0.29) is 5.91 Å². The van der Waals surface area contributed by atoms with Crippen LogP contribution >= 0.6 is 0 Å². The van der Waals surface area contributed by atoms with Crippen molar-refractivity contribution in [1.29, 1.82) is 0 Å². The number of piperazine rings is 1. The van der Waals surface area contributed by atoms with Crippen molar-refractivity contribution >= 4 is 28.3 Å². The number of nitrogens with zero attached hydrogens (tertiary/aromatic N) is 5. The lowest BCUT2D eigenvalue weighted by Crippen LogP contribution is -2.43. The Morgan fingerprint density at radius 3 is 2.61 bits per heavy atom. The first-order valence-electron chi connectivity index (χ1n) is 12.6. The number of carbonyl (C=O) groups is 1. The predicted molar refractivity (Wildman–Crippen MR) is 141 cm³/mol. The second-order valence-corrected chi connectivity index (χ2v) is 9.49. The molecule has 2 fully saturated rings. The molecule has 6 rings (SSSR count). The van der Waals surface area contributed by atoms with Crippen molar-refractivity contribution in [2.24, 2.45) is 0 Å². The van der Waals surface area contributed by atoms with Gasteiger partial charge >= 0.3 is 0 Å². The molecule has 4 aromatic rings. The number of pyridine rings is 2. The summed E-state index contributed by atoms with van der Waals surface area (Å²) in [5.74, 6) is 0.654. The zero-order chi connectivity index (χ0) is 24.3. The van der Waals surface area contributed by atoms with E-state index < -0.39 is 0 Å². The standard InChI is InChI=1S/C27H30N8O/c36-27(31-22-4-6-25(30-17-22)35-11-7-28-8-12-35)26-23-14-20(3-5-24(23)32-33-26)21-13-19(15-29-16-21)18-34-9-1-2-10-34/h3-6,13-17,28H,1-2,7-12,18H2,(H,31,36)(H,32,33). The zero-order valence-corrected chi connectivity index (χ0v) is 20.2. The number of amides is 1. The number of hydrogen-bond donors (Lipinski definition) is 3. The number of fused-ring (bicyclic) bond motifs is 1. The minimum Gasteiger partial charge on any atom is -0.354 e. The quantitative estimate of drug-likeness (QED) is 0.388. The minimum atomic E-state index is -0.268. The maximum atomic E-state index is 13.1. The summed E-state index contributed by atoms with van der Waals surface area (Å²) in [6, 6.07) is 12.0. The van der Waals surface area contributed by atoms with E-state index in [9.17, 15) is 4.79 Å². The van der Waals surface area contributed by atoms with Crippen LogP contribution in [0, 0.1) is 0 Å². The number of likely N-dealkylation sites (tertiary alicyclic amines) is 1. The fourth-order valence-corrected chi connectivity index (χ4v) is 5.03. The number of nitrogens with one attached hydrogen (secondary N) is 3. The van der Waals surface area contributed by atoms with Crippen molar-refractivity contribution in [2.75, 3.05) is 49.5 Å². The summed E-state index contributed by atoms with van der Waals surface area (Å²) in [5, 5.41) is 14.4. The molecule has 9 nitrogen and oxygen atoms in total. The average Bonchev–Trinajstić information content (AvgIpc) is 3.59. The Kier molecular flexibility index (Phi) is 6.31. The van der Waals surface area contributed by atoms with E-state index in [4.69, 9.17) is 0 Å². The minimum absolute atomic E-state index is 0.268. The van der Waals surface area contributed by atoms with Crippen molar-refractivity contribution in [2.45, 2.75) is 19.4 Å². The van der Waals surface area contributed by atoms with E-state index in [0.29, 0.717) is 11.4 Å². The number of benzene rings is 1. The molecule has 5 heterocycles. The van der Waals surface area contributed by atoms with Gasteiger partial charge in [-0.1, -0.05) is 6.07 Å². The number of carbonyl (C=O) groups excluding carboxylic acids is 1. The maximum absolute atomic E-state index is 13.1. The van der Waals surface area contributed by atoms with Gasteiger partial charge in [0.05, 0.1) is 17.4 Å². The van der Waals surface area contributed by atoms with Gasteiger partial charge < -0.3 is 15.5 Å². The molecule has 0 atom stereocenters. The molecule has 1 aromatic carbocycles. The van der Waals surface area contributed by atoms with Crippen LogP contribution in [0.3, 0.4) is 0 Å². The molecule has 36 heavy (non-hydrogen) atoms. The molecule has 0 aliphatic carbocycles. The Balaban J connectivity index is 1.20. The molecule has 2 aliphatic heterocycles. The fraction of sp³-hybridized carbons (Fsp3) is 0.333. The molecular formula is C27H30N8O. The summed E-state index contributed by atoms with van der Waals surface area (Å²) < 4.78 is 0. The predicted octanol–water partition coefficient (Wildman–Crippen LogP) is 3.28. The molecule has 3 N–H and O–H groups in total. The average molecular weight is 483 g/mol. The van der Waals surface area contributed by atoms with Crippen LogP contribution in [-0.2, 0) is 6.54 Å². The smallest absolute Gasteiger partial charge is 0.276 e. The fourth-order valence-electron chi connectivity index (χ4n) is 5.03. The molecule has 1 amide bonds. The third-order valence-electron chi connectivity index (χ3n) is 6.96. The normalized spacial score (nSPS) is 16.5. The van der Waals surface area contributed by atoms with Crippen molar-refractivity contribution in [3.05, 3.63) is 66.2 Å². The molecule has 3 aromatic heterocycles. The molecule has 184 valence electrons. The lowest BCUT2D eigenvalue weighted by atomic mass is 10.0. The Hall–Kier alpha value is -3.82.